The van der Waals surface area contributed by atoms with Crippen molar-refractivity contribution < 1.29 is 0 Å². The molecule has 0 aliphatic rings. The third kappa shape index (κ3) is 3.01. The molecule has 4 heteroatoms. The van der Waals surface area contributed by atoms with E-state index in [1.165, 1.54) is 0 Å². The first-order valence-electron chi connectivity index (χ1n) is 5.70. The molecule has 0 fully saturated rings. The molecule has 2 rings (SSSR count). The topological polar surface area (TPSA) is 63.8 Å². The second-order valence-corrected chi connectivity index (χ2v) is 3.79. The van der Waals surface area contributed by atoms with Crippen molar-refractivity contribution in [3.05, 3.63) is 47.7 Å². The average molecular weight is 228 g/mol. The molecule has 17 heavy (non-hydrogen) atoms. The van der Waals surface area contributed by atoms with Gasteiger partial charge in [-0.1, -0.05) is 19.1 Å². The lowest BCUT2D eigenvalue weighted by molar-refractivity contribution is 0.923. The summed E-state index contributed by atoms with van der Waals surface area (Å²) in [7, 11) is 0. The van der Waals surface area contributed by atoms with E-state index in [4.69, 9.17) is 5.73 Å². The number of nitrogens with zero attached hydrogens (tertiary/aromatic N) is 2. The van der Waals surface area contributed by atoms with Gasteiger partial charge in [0.25, 0.3) is 0 Å². The van der Waals surface area contributed by atoms with Crippen molar-refractivity contribution >= 4 is 11.5 Å². The Morgan fingerprint density at radius 1 is 1.18 bits per heavy atom. The quantitative estimate of drug-likeness (QED) is 0.842. The number of rotatable bonds is 4. The number of aryl methyl sites for hydroxylation is 1. The van der Waals surface area contributed by atoms with E-state index in [1.54, 1.807) is 0 Å². The van der Waals surface area contributed by atoms with Crippen LogP contribution in [-0.4, -0.2) is 10.2 Å². The minimum atomic E-state index is 0.538. The van der Waals surface area contributed by atoms with Crippen molar-refractivity contribution in [2.24, 2.45) is 5.73 Å². The van der Waals surface area contributed by atoms with Gasteiger partial charge in [0.05, 0.1) is 5.69 Å². The van der Waals surface area contributed by atoms with E-state index in [0.29, 0.717) is 6.54 Å². The van der Waals surface area contributed by atoms with Crippen LogP contribution in [0.2, 0.25) is 0 Å². The molecular weight excluding hydrogens is 212 g/mol. The second kappa shape index (κ2) is 5.41. The maximum absolute atomic E-state index is 5.59. The van der Waals surface area contributed by atoms with Crippen LogP contribution in [0.5, 0.6) is 0 Å². The molecule has 0 aliphatic heterocycles. The van der Waals surface area contributed by atoms with E-state index in [9.17, 15) is 0 Å². The summed E-state index contributed by atoms with van der Waals surface area (Å²) in [6.07, 6.45) is 0.899. The van der Waals surface area contributed by atoms with Crippen molar-refractivity contribution in [3.8, 4) is 0 Å². The zero-order valence-electron chi connectivity index (χ0n) is 9.85. The van der Waals surface area contributed by atoms with Crippen LogP contribution in [0.1, 0.15) is 18.2 Å². The van der Waals surface area contributed by atoms with Crippen molar-refractivity contribution in [2.45, 2.75) is 19.9 Å². The van der Waals surface area contributed by atoms with E-state index in [-0.39, 0.29) is 0 Å². The molecule has 0 saturated carbocycles. The molecule has 0 aliphatic carbocycles. The SMILES string of the molecule is CCc1ccc(Nc2cccc(CN)c2)nn1. The molecule has 0 spiro atoms. The molecule has 0 atom stereocenters. The Balaban J connectivity index is 2.13. The lowest BCUT2D eigenvalue weighted by atomic mass is 10.2. The third-order valence-electron chi connectivity index (χ3n) is 2.52. The fourth-order valence-corrected chi connectivity index (χ4v) is 1.54. The van der Waals surface area contributed by atoms with Crippen LogP contribution in [0, 0.1) is 0 Å². The molecule has 3 N–H and O–H groups in total. The number of benzene rings is 1. The molecule has 1 heterocycles. The van der Waals surface area contributed by atoms with E-state index < -0.39 is 0 Å². The summed E-state index contributed by atoms with van der Waals surface area (Å²) in [4.78, 5) is 0. The van der Waals surface area contributed by atoms with Gasteiger partial charge in [0.15, 0.2) is 5.82 Å². The molecule has 1 aromatic carbocycles. The van der Waals surface area contributed by atoms with Gasteiger partial charge in [0.2, 0.25) is 0 Å². The largest absolute Gasteiger partial charge is 0.339 e. The molecule has 0 unspecified atom stereocenters. The minimum absolute atomic E-state index is 0.538. The highest BCUT2D eigenvalue weighted by Crippen LogP contribution is 2.15. The highest BCUT2D eigenvalue weighted by atomic mass is 15.2. The van der Waals surface area contributed by atoms with Gasteiger partial charge in [-0.2, -0.15) is 5.10 Å². The number of nitrogens with two attached hydrogens (primary N) is 1. The first kappa shape index (κ1) is 11.5. The van der Waals surface area contributed by atoms with Crippen molar-refractivity contribution in [1.29, 1.82) is 0 Å². The van der Waals surface area contributed by atoms with E-state index >= 15 is 0 Å². The average Bonchev–Trinajstić information content (AvgIpc) is 2.40. The Kier molecular flexibility index (Phi) is 3.67. The first-order valence-corrected chi connectivity index (χ1v) is 5.70. The molecular formula is C13H16N4. The highest BCUT2D eigenvalue weighted by molar-refractivity contribution is 5.56. The van der Waals surface area contributed by atoms with Crippen LogP contribution in [-0.2, 0) is 13.0 Å². The monoisotopic (exact) mass is 228 g/mol. The normalized spacial score (nSPS) is 10.2. The highest BCUT2D eigenvalue weighted by Gasteiger charge is 1.98. The Bertz CT molecular complexity index is 479. The van der Waals surface area contributed by atoms with Crippen LogP contribution in [0.15, 0.2) is 36.4 Å². The van der Waals surface area contributed by atoms with Crippen LogP contribution in [0.25, 0.3) is 0 Å². The maximum Gasteiger partial charge on any atom is 0.153 e. The molecule has 4 nitrogen and oxygen atoms in total. The molecule has 0 bridgehead atoms. The van der Waals surface area contributed by atoms with Crippen molar-refractivity contribution in [2.75, 3.05) is 5.32 Å². The van der Waals surface area contributed by atoms with Crippen LogP contribution < -0.4 is 11.1 Å². The summed E-state index contributed by atoms with van der Waals surface area (Å²) in [5.41, 5.74) is 8.66. The second-order valence-electron chi connectivity index (χ2n) is 3.79. The van der Waals surface area contributed by atoms with E-state index in [1.807, 2.05) is 36.4 Å². The van der Waals surface area contributed by atoms with Gasteiger partial charge >= 0.3 is 0 Å². The van der Waals surface area contributed by atoms with Crippen LogP contribution in [0.4, 0.5) is 11.5 Å². The zero-order valence-corrected chi connectivity index (χ0v) is 9.85. The summed E-state index contributed by atoms with van der Waals surface area (Å²) >= 11 is 0. The predicted octanol–water partition coefficient (Wildman–Crippen LogP) is 2.24. The Hall–Kier alpha value is -1.94. The summed E-state index contributed by atoms with van der Waals surface area (Å²) in [6, 6.07) is 11.9. The standard InChI is InChI=1S/C13H16N4/c1-2-11-6-7-13(17-16-11)15-12-5-3-4-10(8-12)9-14/h3-8H,2,9,14H2,1H3,(H,15,17). The summed E-state index contributed by atoms with van der Waals surface area (Å²) in [6.45, 7) is 2.60. The fraction of sp³-hybridized carbons (Fsp3) is 0.231. The van der Waals surface area contributed by atoms with E-state index in [0.717, 1.165) is 29.2 Å². The summed E-state index contributed by atoms with van der Waals surface area (Å²) in [5.74, 6) is 0.747. The maximum atomic E-state index is 5.59. The van der Waals surface area contributed by atoms with Gasteiger partial charge in [0, 0.05) is 12.2 Å². The number of anilines is 2. The molecule has 0 saturated heterocycles. The summed E-state index contributed by atoms with van der Waals surface area (Å²) in [5, 5.41) is 11.4. The Morgan fingerprint density at radius 2 is 2.06 bits per heavy atom. The van der Waals surface area contributed by atoms with Gasteiger partial charge < -0.3 is 11.1 Å². The van der Waals surface area contributed by atoms with Gasteiger partial charge in [-0.05, 0) is 36.2 Å². The number of hydrogen-bond acceptors (Lipinski definition) is 4. The number of nitrogens with one attached hydrogen (secondary N) is 1. The smallest absolute Gasteiger partial charge is 0.153 e. The number of aromatic nitrogens is 2. The van der Waals surface area contributed by atoms with Gasteiger partial charge in [-0.25, -0.2) is 0 Å². The zero-order chi connectivity index (χ0) is 12.1. The lowest BCUT2D eigenvalue weighted by Gasteiger charge is -2.06. The summed E-state index contributed by atoms with van der Waals surface area (Å²) < 4.78 is 0. The van der Waals surface area contributed by atoms with Crippen LogP contribution in [0.3, 0.4) is 0 Å². The minimum Gasteiger partial charge on any atom is -0.339 e. The Morgan fingerprint density at radius 3 is 2.71 bits per heavy atom. The lowest BCUT2D eigenvalue weighted by Crippen LogP contribution is -2.00. The Labute approximate surface area is 101 Å². The molecule has 0 amide bonds. The van der Waals surface area contributed by atoms with Gasteiger partial charge in [-0.15, -0.1) is 5.10 Å². The molecule has 0 radical (unpaired) electrons. The van der Waals surface area contributed by atoms with Crippen molar-refractivity contribution in [3.63, 3.8) is 0 Å². The number of hydrogen-bond donors (Lipinski definition) is 2. The molecule has 1 aromatic heterocycles. The van der Waals surface area contributed by atoms with Crippen molar-refractivity contribution in [1.82, 2.24) is 10.2 Å². The predicted molar refractivity (Wildman–Crippen MR) is 69.0 cm³/mol. The molecule has 88 valence electrons. The first-order chi connectivity index (χ1) is 8.31. The van der Waals surface area contributed by atoms with Crippen LogP contribution >= 0.6 is 0 Å². The molecule has 2 aromatic rings. The third-order valence-corrected chi connectivity index (χ3v) is 2.52. The van der Waals surface area contributed by atoms with Gasteiger partial charge in [0.1, 0.15) is 0 Å². The van der Waals surface area contributed by atoms with E-state index in [2.05, 4.69) is 22.4 Å². The fourth-order valence-electron chi connectivity index (χ4n) is 1.54. The van der Waals surface area contributed by atoms with Gasteiger partial charge in [-0.3, -0.25) is 0 Å².